The highest BCUT2D eigenvalue weighted by molar-refractivity contribution is 7.48. The van der Waals surface area contributed by atoms with Gasteiger partial charge in [-0.05, 0) is 40.8 Å². The number of hydrogen-bond donors (Lipinski definition) is 0. The maximum atomic E-state index is 11.8. The molecule has 0 bridgehead atoms. The van der Waals surface area contributed by atoms with E-state index in [0.29, 0.717) is 15.2 Å². The van der Waals surface area contributed by atoms with E-state index in [4.69, 9.17) is 4.74 Å². The Morgan fingerprint density at radius 1 is 0.941 bits per heavy atom. The van der Waals surface area contributed by atoms with Crippen LogP contribution in [-0.2, 0) is 17.2 Å². The minimum atomic E-state index is -0.132. The molecule has 2 unspecified atom stereocenters. The standard InChI is InChI=1S/C31H39O2P/c1-7-8-18-31(6,34-28-17-13-12-16-25(28)21-32)27-20-26(30(3,4)5)19-23(2)29(27)33-22-24-14-10-9-11-15-24/h9-17,19-21,34H,7-8,18,22H2,1-6H3. The second-order valence-corrected chi connectivity index (χ2v) is 12.4. The number of rotatable bonds is 10. The van der Waals surface area contributed by atoms with Crippen molar-refractivity contribution in [2.24, 2.45) is 0 Å². The van der Waals surface area contributed by atoms with Crippen molar-refractivity contribution in [3.63, 3.8) is 0 Å². The van der Waals surface area contributed by atoms with Gasteiger partial charge < -0.3 is 4.74 Å². The smallest absolute Gasteiger partial charge is 0.150 e. The Morgan fingerprint density at radius 3 is 2.26 bits per heavy atom. The number of ether oxygens (including phenoxy) is 1. The van der Waals surface area contributed by atoms with Gasteiger partial charge in [0.05, 0.1) is 0 Å². The Bertz CT molecular complexity index is 1100. The van der Waals surface area contributed by atoms with Crippen molar-refractivity contribution in [1.82, 2.24) is 0 Å². The van der Waals surface area contributed by atoms with Crippen molar-refractivity contribution in [3.05, 3.63) is 94.5 Å². The molecule has 3 heteroatoms. The third-order valence-electron chi connectivity index (χ3n) is 6.49. The molecule has 0 spiro atoms. The summed E-state index contributed by atoms with van der Waals surface area (Å²) in [6.07, 6.45) is 4.30. The van der Waals surface area contributed by atoms with Gasteiger partial charge in [-0.1, -0.05) is 123 Å². The lowest BCUT2D eigenvalue weighted by atomic mass is 9.82. The molecule has 3 rings (SSSR count). The van der Waals surface area contributed by atoms with Gasteiger partial charge in [-0.3, -0.25) is 4.79 Å². The van der Waals surface area contributed by atoms with Gasteiger partial charge in [-0.15, -0.1) is 0 Å². The van der Waals surface area contributed by atoms with Gasteiger partial charge in [0, 0.05) is 16.3 Å². The summed E-state index contributed by atoms with van der Waals surface area (Å²) in [5, 5.41) is 0.997. The first kappa shape index (κ1) is 26.2. The fraction of sp³-hybridized carbons (Fsp3) is 0.387. The van der Waals surface area contributed by atoms with Crippen molar-refractivity contribution in [3.8, 4) is 5.75 Å². The Hall–Kier alpha value is -2.44. The summed E-state index contributed by atoms with van der Waals surface area (Å²) >= 11 is 0. The molecule has 0 aliphatic heterocycles. The third kappa shape index (κ3) is 6.36. The van der Waals surface area contributed by atoms with Gasteiger partial charge >= 0.3 is 0 Å². The minimum Gasteiger partial charge on any atom is -0.488 e. The first-order valence-corrected chi connectivity index (χ1v) is 13.3. The van der Waals surface area contributed by atoms with E-state index in [-0.39, 0.29) is 10.6 Å². The number of carbonyl (C=O) groups is 1. The summed E-state index contributed by atoms with van der Waals surface area (Å²) < 4.78 is 6.58. The maximum Gasteiger partial charge on any atom is 0.150 e. The SMILES string of the molecule is CCCCC(C)(Pc1ccccc1C=O)c1cc(C(C)(C)C)cc(C)c1OCc1ccccc1. The zero-order valence-corrected chi connectivity index (χ0v) is 22.6. The molecule has 3 aromatic rings. The minimum absolute atomic E-state index is 0.0347. The van der Waals surface area contributed by atoms with Crippen LogP contribution in [0.1, 0.15) is 86.5 Å². The van der Waals surface area contributed by atoms with Gasteiger partial charge in [-0.2, -0.15) is 0 Å². The van der Waals surface area contributed by atoms with Crippen LogP contribution in [0.4, 0.5) is 0 Å². The van der Waals surface area contributed by atoms with Crippen LogP contribution in [-0.4, -0.2) is 6.29 Å². The van der Waals surface area contributed by atoms with Crippen LogP contribution in [0.2, 0.25) is 0 Å². The Balaban J connectivity index is 2.14. The zero-order chi connectivity index (χ0) is 24.8. The van der Waals surface area contributed by atoms with E-state index in [0.717, 1.165) is 47.7 Å². The number of carbonyl (C=O) groups excluding carboxylic acids is 1. The van der Waals surface area contributed by atoms with Crippen molar-refractivity contribution in [2.75, 3.05) is 0 Å². The van der Waals surface area contributed by atoms with Crippen LogP contribution in [0.15, 0.2) is 66.7 Å². The summed E-state index contributed by atoms with van der Waals surface area (Å²) in [7, 11) is 0.474. The Kier molecular flexibility index (Phi) is 8.72. The highest BCUT2D eigenvalue weighted by Gasteiger charge is 2.33. The Labute approximate surface area is 207 Å². The number of aldehydes is 1. The van der Waals surface area contributed by atoms with E-state index in [1.165, 1.54) is 16.7 Å². The van der Waals surface area contributed by atoms with Crippen LogP contribution >= 0.6 is 8.58 Å². The van der Waals surface area contributed by atoms with Crippen LogP contribution in [0, 0.1) is 6.92 Å². The molecule has 0 amide bonds. The molecule has 0 saturated heterocycles. The van der Waals surface area contributed by atoms with E-state index in [2.05, 4.69) is 84.0 Å². The molecule has 0 radical (unpaired) electrons. The van der Waals surface area contributed by atoms with E-state index in [1.54, 1.807) is 0 Å². The molecule has 180 valence electrons. The molecule has 2 atom stereocenters. The average molecular weight is 475 g/mol. The normalized spacial score (nSPS) is 13.7. The lowest BCUT2D eigenvalue weighted by Gasteiger charge is -2.35. The van der Waals surface area contributed by atoms with Crippen LogP contribution in [0.5, 0.6) is 5.75 Å². The quantitative estimate of drug-likeness (QED) is 0.219. The highest BCUT2D eigenvalue weighted by Crippen LogP contribution is 2.50. The molecule has 0 aliphatic rings. The Morgan fingerprint density at radius 2 is 1.62 bits per heavy atom. The molecular weight excluding hydrogens is 435 g/mol. The first-order chi connectivity index (χ1) is 16.2. The summed E-state index contributed by atoms with van der Waals surface area (Å²) in [4.78, 5) is 11.8. The van der Waals surface area contributed by atoms with Crippen molar-refractivity contribution >= 4 is 20.2 Å². The number of aryl methyl sites for hydroxylation is 1. The van der Waals surface area contributed by atoms with Gasteiger partial charge in [0.1, 0.15) is 12.4 Å². The molecule has 0 saturated carbocycles. The zero-order valence-electron chi connectivity index (χ0n) is 21.6. The predicted octanol–water partition coefficient (Wildman–Crippen LogP) is 8.09. The van der Waals surface area contributed by atoms with Crippen LogP contribution in [0.25, 0.3) is 0 Å². The second kappa shape index (κ2) is 11.3. The molecular formula is C31H39O2P. The summed E-state index contributed by atoms with van der Waals surface area (Å²) in [6.45, 7) is 14.1. The summed E-state index contributed by atoms with van der Waals surface area (Å²) in [5.41, 5.74) is 5.75. The van der Waals surface area contributed by atoms with Crippen molar-refractivity contribution in [2.45, 2.75) is 78.0 Å². The van der Waals surface area contributed by atoms with Crippen molar-refractivity contribution < 1.29 is 9.53 Å². The van der Waals surface area contributed by atoms with Gasteiger partial charge in [0.25, 0.3) is 0 Å². The number of hydrogen-bond acceptors (Lipinski definition) is 2. The molecule has 34 heavy (non-hydrogen) atoms. The number of benzene rings is 3. The molecule has 0 aromatic heterocycles. The van der Waals surface area contributed by atoms with Gasteiger partial charge in [0.15, 0.2) is 6.29 Å². The number of unbranched alkanes of at least 4 members (excludes halogenated alkanes) is 1. The molecule has 0 fully saturated rings. The van der Waals surface area contributed by atoms with E-state index in [1.807, 2.05) is 24.3 Å². The fourth-order valence-corrected chi connectivity index (χ4v) is 6.03. The van der Waals surface area contributed by atoms with E-state index in [9.17, 15) is 4.79 Å². The molecule has 0 heterocycles. The van der Waals surface area contributed by atoms with Gasteiger partial charge in [0.2, 0.25) is 0 Å². The summed E-state index contributed by atoms with van der Waals surface area (Å²) in [6, 6.07) is 23.0. The monoisotopic (exact) mass is 474 g/mol. The summed E-state index contributed by atoms with van der Waals surface area (Å²) in [5.74, 6) is 0.992. The molecule has 3 aromatic carbocycles. The third-order valence-corrected chi connectivity index (χ3v) is 8.29. The van der Waals surface area contributed by atoms with E-state index < -0.39 is 0 Å². The van der Waals surface area contributed by atoms with Crippen LogP contribution < -0.4 is 10.0 Å². The topological polar surface area (TPSA) is 26.3 Å². The van der Waals surface area contributed by atoms with Crippen molar-refractivity contribution in [1.29, 1.82) is 0 Å². The fourth-order valence-electron chi connectivity index (χ4n) is 4.34. The molecule has 0 aliphatic carbocycles. The van der Waals surface area contributed by atoms with Crippen LogP contribution in [0.3, 0.4) is 0 Å². The largest absolute Gasteiger partial charge is 0.488 e. The second-order valence-electron chi connectivity index (χ2n) is 10.5. The lowest BCUT2D eigenvalue weighted by Crippen LogP contribution is -2.24. The highest BCUT2D eigenvalue weighted by atomic mass is 31.1. The molecule has 0 N–H and O–H groups in total. The lowest BCUT2D eigenvalue weighted by molar-refractivity contribution is 0.112. The molecule has 2 nitrogen and oxygen atoms in total. The maximum absolute atomic E-state index is 11.8. The predicted molar refractivity (Wildman–Crippen MR) is 147 cm³/mol. The van der Waals surface area contributed by atoms with E-state index >= 15 is 0 Å². The first-order valence-electron chi connectivity index (χ1n) is 12.3. The average Bonchev–Trinajstić information content (AvgIpc) is 2.82. The van der Waals surface area contributed by atoms with Gasteiger partial charge in [-0.25, -0.2) is 0 Å².